The van der Waals surface area contributed by atoms with Crippen molar-refractivity contribution in [2.24, 2.45) is 5.73 Å². The summed E-state index contributed by atoms with van der Waals surface area (Å²) >= 11 is 6.27. The van der Waals surface area contributed by atoms with Gasteiger partial charge in [-0.1, -0.05) is 23.7 Å². The fourth-order valence-electron chi connectivity index (χ4n) is 2.88. The summed E-state index contributed by atoms with van der Waals surface area (Å²) < 4.78 is 41.2. The highest BCUT2D eigenvalue weighted by Gasteiger charge is 2.40. The van der Waals surface area contributed by atoms with E-state index in [1.54, 1.807) is 18.2 Å². The highest BCUT2D eigenvalue weighted by Crippen LogP contribution is 2.34. The minimum atomic E-state index is -4.83. The lowest BCUT2D eigenvalue weighted by Crippen LogP contribution is -2.20. The third-order valence-corrected chi connectivity index (χ3v) is 4.44. The standard InChI is InChI=1S/C18H11ClF3N7O/c19-14-7-11(8-24-17(14)29-25-4-5-26-29)10-2-1-3-12(6-10)28-15(18(20,21)22)13(9-27-28)16(23)30/h1-9H,(H2,23,30). The van der Waals surface area contributed by atoms with Gasteiger partial charge in [-0.25, -0.2) is 9.67 Å². The maximum absolute atomic E-state index is 13.5. The molecule has 152 valence electrons. The molecule has 0 saturated carbocycles. The molecule has 0 fully saturated rings. The quantitative estimate of drug-likeness (QED) is 0.531. The number of nitrogens with zero attached hydrogens (tertiary/aromatic N) is 6. The van der Waals surface area contributed by atoms with Gasteiger partial charge in [0.1, 0.15) is 0 Å². The van der Waals surface area contributed by atoms with Crippen LogP contribution in [0.1, 0.15) is 16.1 Å². The van der Waals surface area contributed by atoms with E-state index in [9.17, 15) is 18.0 Å². The summed E-state index contributed by atoms with van der Waals surface area (Å²) in [6.07, 6.45) is 0.394. The van der Waals surface area contributed by atoms with E-state index in [4.69, 9.17) is 17.3 Å². The van der Waals surface area contributed by atoms with Crippen LogP contribution in [-0.2, 0) is 6.18 Å². The average Bonchev–Trinajstić information content (AvgIpc) is 3.37. The number of amides is 1. The minimum absolute atomic E-state index is 0.0845. The molecule has 4 aromatic rings. The molecule has 0 unspecified atom stereocenters. The van der Waals surface area contributed by atoms with E-state index >= 15 is 0 Å². The van der Waals surface area contributed by atoms with Gasteiger partial charge in [0, 0.05) is 11.8 Å². The Kier molecular flexibility index (Phi) is 4.74. The zero-order valence-corrected chi connectivity index (χ0v) is 15.6. The van der Waals surface area contributed by atoms with Crippen LogP contribution in [0.4, 0.5) is 13.2 Å². The third kappa shape index (κ3) is 3.50. The van der Waals surface area contributed by atoms with Gasteiger partial charge in [-0.2, -0.15) is 28.5 Å². The lowest BCUT2D eigenvalue weighted by Gasteiger charge is -2.13. The summed E-state index contributed by atoms with van der Waals surface area (Å²) in [6, 6.07) is 7.70. The number of hydrogen-bond acceptors (Lipinski definition) is 5. The number of halogens is 4. The van der Waals surface area contributed by atoms with Crippen molar-refractivity contribution in [2.75, 3.05) is 0 Å². The molecule has 2 N–H and O–H groups in total. The molecule has 0 spiro atoms. The molecule has 0 bridgehead atoms. The van der Waals surface area contributed by atoms with E-state index < -0.39 is 23.3 Å². The Morgan fingerprint density at radius 1 is 1.03 bits per heavy atom. The van der Waals surface area contributed by atoms with Crippen molar-refractivity contribution in [3.8, 4) is 22.6 Å². The van der Waals surface area contributed by atoms with Crippen LogP contribution in [0.25, 0.3) is 22.6 Å². The maximum atomic E-state index is 13.5. The number of carbonyl (C=O) groups is 1. The molecular formula is C18H11ClF3N7O. The van der Waals surface area contributed by atoms with E-state index in [2.05, 4.69) is 20.3 Å². The normalized spacial score (nSPS) is 11.6. The zero-order chi connectivity index (χ0) is 21.5. The average molecular weight is 434 g/mol. The first kappa shape index (κ1) is 19.6. The van der Waals surface area contributed by atoms with Gasteiger partial charge in [-0.3, -0.25) is 4.79 Å². The van der Waals surface area contributed by atoms with Gasteiger partial charge >= 0.3 is 6.18 Å². The van der Waals surface area contributed by atoms with Gasteiger partial charge in [0.25, 0.3) is 5.91 Å². The molecule has 8 nitrogen and oxygen atoms in total. The number of aromatic nitrogens is 6. The van der Waals surface area contributed by atoms with Crippen molar-refractivity contribution in [3.05, 3.63) is 71.4 Å². The first-order valence-electron chi connectivity index (χ1n) is 8.34. The monoisotopic (exact) mass is 433 g/mol. The first-order chi connectivity index (χ1) is 14.3. The summed E-state index contributed by atoms with van der Waals surface area (Å²) in [5.41, 5.74) is 4.27. The Balaban J connectivity index is 1.78. The van der Waals surface area contributed by atoms with E-state index in [0.29, 0.717) is 21.6 Å². The highest BCUT2D eigenvalue weighted by atomic mass is 35.5. The molecule has 0 radical (unpaired) electrons. The van der Waals surface area contributed by atoms with Crippen molar-refractivity contribution >= 4 is 17.5 Å². The second kappa shape index (κ2) is 7.26. The first-order valence-corrected chi connectivity index (χ1v) is 8.71. The fourth-order valence-corrected chi connectivity index (χ4v) is 3.12. The third-order valence-electron chi connectivity index (χ3n) is 4.16. The lowest BCUT2D eigenvalue weighted by atomic mass is 10.1. The van der Waals surface area contributed by atoms with E-state index in [1.165, 1.54) is 35.5 Å². The minimum Gasteiger partial charge on any atom is -0.365 e. The lowest BCUT2D eigenvalue weighted by molar-refractivity contribution is -0.143. The summed E-state index contributed by atoms with van der Waals surface area (Å²) in [5.74, 6) is -0.914. The van der Waals surface area contributed by atoms with Gasteiger partial charge in [-0.15, -0.1) is 4.80 Å². The van der Waals surface area contributed by atoms with Gasteiger partial charge in [0.15, 0.2) is 11.5 Å². The SMILES string of the molecule is NC(=O)c1cnn(-c2cccc(-c3cnc(-n4nccn4)c(Cl)c3)c2)c1C(F)(F)F. The van der Waals surface area contributed by atoms with E-state index in [-0.39, 0.29) is 10.7 Å². The van der Waals surface area contributed by atoms with Crippen molar-refractivity contribution in [3.63, 3.8) is 0 Å². The number of primary amides is 1. The molecular weight excluding hydrogens is 423 g/mol. The van der Waals surface area contributed by atoms with Crippen LogP contribution in [0.2, 0.25) is 5.02 Å². The number of rotatable bonds is 4. The molecule has 0 aliphatic heterocycles. The Morgan fingerprint density at radius 3 is 2.40 bits per heavy atom. The molecule has 3 aromatic heterocycles. The summed E-state index contributed by atoms with van der Waals surface area (Å²) in [4.78, 5) is 16.9. The second-order valence-electron chi connectivity index (χ2n) is 6.08. The van der Waals surface area contributed by atoms with Crippen molar-refractivity contribution < 1.29 is 18.0 Å². The second-order valence-corrected chi connectivity index (χ2v) is 6.49. The summed E-state index contributed by atoms with van der Waals surface area (Å²) in [5, 5.41) is 11.9. The Bertz CT molecular complexity index is 1240. The van der Waals surface area contributed by atoms with Gasteiger partial charge < -0.3 is 5.73 Å². The predicted molar refractivity (Wildman–Crippen MR) is 100 cm³/mol. The Labute approximate surface area is 171 Å². The van der Waals surface area contributed by atoms with Gasteiger partial charge in [0.05, 0.1) is 34.9 Å². The molecule has 12 heteroatoms. The molecule has 1 aromatic carbocycles. The van der Waals surface area contributed by atoms with Crippen molar-refractivity contribution in [2.45, 2.75) is 6.18 Å². The Hall–Kier alpha value is -3.73. The molecule has 30 heavy (non-hydrogen) atoms. The molecule has 0 saturated heterocycles. The molecule has 0 aliphatic carbocycles. The smallest absolute Gasteiger partial charge is 0.365 e. The maximum Gasteiger partial charge on any atom is 0.434 e. The van der Waals surface area contributed by atoms with Crippen LogP contribution in [0.5, 0.6) is 0 Å². The summed E-state index contributed by atoms with van der Waals surface area (Å²) in [6.45, 7) is 0. The number of carbonyl (C=O) groups excluding carboxylic acids is 1. The topological polar surface area (TPSA) is 105 Å². The van der Waals surface area contributed by atoms with E-state index in [0.717, 1.165) is 6.20 Å². The fraction of sp³-hybridized carbons (Fsp3) is 0.0556. The predicted octanol–water partition coefficient (Wildman–Crippen LogP) is 3.29. The van der Waals surface area contributed by atoms with Crippen molar-refractivity contribution in [1.82, 2.24) is 29.8 Å². The number of benzene rings is 1. The number of pyridine rings is 1. The molecule has 3 heterocycles. The number of alkyl halides is 3. The molecule has 1 amide bonds. The van der Waals surface area contributed by atoms with Gasteiger partial charge in [-0.05, 0) is 23.8 Å². The van der Waals surface area contributed by atoms with Crippen LogP contribution >= 0.6 is 11.6 Å². The van der Waals surface area contributed by atoms with Crippen LogP contribution < -0.4 is 5.73 Å². The Morgan fingerprint density at radius 2 is 1.77 bits per heavy atom. The van der Waals surface area contributed by atoms with Gasteiger partial charge in [0.2, 0.25) is 0 Å². The number of nitrogens with two attached hydrogens (primary N) is 1. The van der Waals surface area contributed by atoms with Crippen LogP contribution in [0.3, 0.4) is 0 Å². The number of hydrogen-bond donors (Lipinski definition) is 1. The zero-order valence-electron chi connectivity index (χ0n) is 14.9. The van der Waals surface area contributed by atoms with Crippen LogP contribution in [0.15, 0.2) is 55.1 Å². The van der Waals surface area contributed by atoms with Crippen LogP contribution in [-0.4, -0.2) is 35.7 Å². The molecule has 0 atom stereocenters. The van der Waals surface area contributed by atoms with Crippen LogP contribution in [0, 0.1) is 0 Å². The van der Waals surface area contributed by atoms with E-state index in [1.807, 2.05) is 0 Å². The highest BCUT2D eigenvalue weighted by molar-refractivity contribution is 6.32. The largest absolute Gasteiger partial charge is 0.434 e. The van der Waals surface area contributed by atoms with Crippen molar-refractivity contribution in [1.29, 1.82) is 0 Å². The molecule has 0 aliphatic rings. The molecule has 4 rings (SSSR count). The summed E-state index contributed by atoms with van der Waals surface area (Å²) in [7, 11) is 0.